The van der Waals surface area contributed by atoms with Crippen molar-refractivity contribution in [2.24, 2.45) is 0 Å². The molecule has 3 aromatic rings. The zero-order valence-corrected chi connectivity index (χ0v) is 15.6. The first-order valence-corrected chi connectivity index (χ1v) is 9.07. The van der Waals surface area contributed by atoms with E-state index in [1.807, 2.05) is 42.8 Å². The number of amides is 1. The second-order valence-electron chi connectivity index (χ2n) is 6.88. The van der Waals surface area contributed by atoms with Crippen molar-refractivity contribution in [2.75, 3.05) is 5.32 Å². The van der Waals surface area contributed by atoms with Crippen molar-refractivity contribution in [1.82, 2.24) is 0 Å². The van der Waals surface area contributed by atoms with Crippen molar-refractivity contribution in [3.8, 4) is 0 Å². The summed E-state index contributed by atoms with van der Waals surface area (Å²) in [4.78, 5) is 38.2. The first-order valence-electron chi connectivity index (χ1n) is 9.07. The van der Waals surface area contributed by atoms with Crippen LogP contribution in [0.15, 0.2) is 66.9 Å². The molecule has 0 spiro atoms. The summed E-state index contributed by atoms with van der Waals surface area (Å²) in [6.45, 7) is 3.75. The lowest BCUT2D eigenvalue weighted by molar-refractivity contribution is -0.711. The van der Waals surface area contributed by atoms with Crippen LogP contribution >= 0.6 is 0 Å². The van der Waals surface area contributed by atoms with Crippen molar-refractivity contribution in [1.29, 1.82) is 0 Å². The van der Waals surface area contributed by atoms with Crippen molar-refractivity contribution < 1.29 is 19.0 Å². The van der Waals surface area contributed by atoms with Crippen LogP contribution in [0.4, 0.5) is 5.69 Å². The number of nitrogens with one attached hydrogen (secondary N) is 1. The fourth-order valence-corrected chi connectivity index (χ4v) is 3.53. The van der Waals surface area contributed by atoms with Gasteiger partial charge in [-0.1, -0.05) is 30.3 Å². The third-order valence-corrected chi connectivity index (χ3v) is 5.09. The summed E-state index contributed by atoms with van der Waals surface area (Å²) < 4.78 is 1.87. The highest BCUT2D eigenvalue weighted by Gasteiger charge is 2.30. The zero-order valence-electron chi connectivity index (χ0n) is 15.6. The van der Waals surface area contributed by atoms with E-state index in [4.69, 9.17) is 0 Å². The molecule has 1 amide bonds. The van der Waals surface area contributed by atoms with Crippen molar-refractivity contribution in [2.45, 2.75) is 19.9 Å². The van der Waals surface area contributed by atoms with E-state index in [1.54, 1.807) is 42.5 Å². The molecule has 1 atom stereocenters. The first-order chi connectivity index (χ1) is 13.5. The molecule has 0 fully saturated rings. The SMILES string of the molecule is Cc1cccc[n+]1[C@H](C)C(=O)Nc1ccc2c(c1)C(=O)c1ccccc1C2=O. The number of ketones is 2. The van der Waals surface area contributed by atoms with E-state index >= 15 is 0 Å². The smallest absolute Gasteiger partial charge is 0.293 e. The van der Waals surface area contributed by atoms with Gasteiger partial charge in [-0.2, -0.15) is 4.57 Å². The largest absolute Gasteiger partial charge is 0.320 e. The van der Waals surface area contributed by atoms with Crippen LogP contribution in [-0.4, -0.2) is 17.5 Å². The van der Waals surface area contributed by atoms with E-state index in [0.29, 0.717) is 27.9 Å². The Morgan fingerprint density at radius 3 is 2.14 bits per heavy atom. The van der Waals surface area contributed by atoms with Gasteiger partial charge >= 0.3 is 0 Å². The first kappa shape index (κ1) is 17.8. The fourth-order valence-electron chi connectivity index (χ4n) is 3.53. The second kappa shape index (κ2) is 6.85. The summed E-state index contributed by atoms with van der Waals surface area (Å²) in [7, 11) is 0. The lowest BCUT2D eigenvalue weighted by Crippen LogP contribution is -2.46. The van der Waals surface area contributed by atoms with Crippen molar-refractivity contribution in [3.05, 3.63) is 94.8 Å². The van der Waals surface area contributed by atoms with Crippen molar-refractivity contribution >= 4 is 23.2 Å². The van der Waals surface area contributed by atoms with E-state index in [9.17, 15) is 14.4 Å². The Bertz CT molecular complexity index is 1130. The quantitative estimate of drug-likeness (QED) is 0.562. The molecule has 0 aliphatic heterocycles. The molecule has 0 unspecified atom stereocenters. The number of hydrogen-bond donors (Lipinski definition) is 1. The van der Waals surface area contributed by atoms with Crippen LogP contribution in [0.2, 0.25) is 0 Å². The van der Waals surface area contributed by atoms with E-state index in [-0.39, 0.29) is 17.5 Å². The number of anilines is 1. The molecular formula is C23H19N2O3+. The highest BCUT2D eigenvalue weighted by Crippen LogP contribution is 2.29. The van der Waals surface area contributed by atoms with Gasteiger partial charge in [0.1, 0.15) is 0 Å². The number of aryl methyl sites for hydroxylation is 1. The van der Waals surface area contributed by atoms with E-state index in [2.05, 4.69) is 5.32 Å². The third-order valence-electron chi connectivity index (χ3n) is 5.09. The van der Waals surface area contributed by atoms with Gasteiger partial charge in [-0.3, -0.25) is 14.4 Å². The predicted octanol–water partition coefficient (Wildman–Crippen LogP) is 3.26. The lowest BCUT2D eigenvalue weighted by Gasteiger charge is -2.18. The van der Waals surface area contributed by atoms with Gasteiger partial charge in [0, 0.05) is 53.9 Å². The Morgan fingerprint density at radius 1 is 0.857 bits per heavy atom. The van der Waals surface area contributed by atoms with Crippen LogP contribution < -0.4 is 9.88 Å². The highest BCUT2D eigenvalue weighted by atomic mass is 16.2. The monoisotopic (exact) mass is 371 g/mol. The zero-order chi connectivity index (χ0) is 19.8. The molecule has 0 saturated heterocycles. The molecule has 1 aromatic heterocycles. The average molecular weight is 371 g/mol. The lowest BCUT2D eigenvalue weighted by atomic mass is 9.84. The molecule has 138 valence electrons. The summed E-state index contributed by atoms with van der Waals surface area (Å²) in [6, 6.07) is 16.9. The Labute approximate surface area is 162 Å². The maximum absolute atomic E-state index is 12.8. The van der Waals surface area contributed by atoms with Gasteiger partial charge in [-0.15, -0.1) is 0 Å². The third kappa shape index (κ3) is 2.91. The van der Waals surface area contributed by atoms with Crippen LogP contribution in [0.1, 0.15) is 50.5 Å². The predicted molar refractivity (Wildman–Crippen MR) is 104 cm³/mol. The number of aromatic nitrogens is 1. The van der Waals surface area contributed by atoms with Crippen LogP contribution in [0, 0.1) is 6.92 Å². The molecule has 0 radical (unpaired) electrons. The number of nitrogens with zero attached hydrogens (tertiary/aromatic N) is 1. The molecule has 4 rings (SSSR count). The number of rotatable bonds is 3. The number of carbonyl (C=O) groups is 3. The Balaban J connectivity index is 1.63. The molecule has 1 aliphatic carbocycles. The molecule has 28 heavy (non-hydrogen) atoms. The van der Waals surface area contributed by atoms with Gasteiger partial charge in [0.05, 0.1) is 0 Å². The Hall–Kier alpha value is -3.60. The normalized spacial score (nSPS) is 13.5. The fraction of sp³-hybridized carbons (Fsp3) is 0.130. The minimum absolute atomic E-state index is 0.174. The number of hydrogen-bond acceptors (Lipinski definition) is 3. The van der Waals surface area contributed by atoms with E-state index in [0.717, 1.165) is 5.69 Å². The minimum Gasteiger partial charge on any atom is -0.320 e. The molecular weight excluding hydrogens is 352 g/mol. The van der Waals surface area contributed by atoms with Gasteiger partial charge in [-0.25, -0.2) is 0 Å². The minimum atomic E-state index is -0.421. The summed E-state index contributed by atoms with van der Waals surface area (Å²) in [5.74, 6) is -0.580. The molecule has 2 aromatic carbocycles. The maximum Gasteiger partial charge on any atom is 0.293 e. The summed E-state index contributed by atoms with van der Waals surface area (Å²) in [6.07, 6.45) is 1.85. The molecule has 1 aliphatic rings. The van der Waals surface area contributed by atoms with E-state index in [1.165, 1.54) is 0 Å². The second-order valence-corrected chi connectivity index (χ2v) is 6.88. The van der Waals surface area contributed by atoms with Gasteiger partial charge < -0.3 is 5.32 Å². The molecule has 0 saturated carbocycles. The maximum atomic E-state index is 12.8. The number of fused-ring (bicyclic) bond motifs is 2. The van der Waals surface area contributed by atoms with Gasteiger partial charge in [-0.05, 0) is 18.2 Å². The number of benzene rings is 2. The topological polar surface area (TPSA) is 67.1 Å². The standard InChI is InChI=1S/C23H18N2O3/c1-14-7-5-6-12-25(14)15(2)23(28)24-16-10-11-19-20(13-16)22(27)18-9-4-3-8-17(18)21(19)26/h3-13,15H,1-2H3/p+1/t15-/m1/s1. The molecule has 1 N–H and O–H groups in total. The van der Waals surface area contributed by atoms with E-state index < -0.39 is 6.04 Å². The Kier molecular flexibility index (Phi) is 4.35. The van der Waals surface area contributed by atoms with Gasteiger partial charge in [0.25, 0.3) is 5.91 Å². The number of carbonyl (C=O) groups excluding carboxylic acids is 3. The molecule has 5 heteroatoms. The summed E-state index contributed by atoms with van der Waals surface area (Å²) in [5.41, 5.74) is 2.95. The summed E-state index contributed by atoms with van der Waals surface area (Å²) >= 11 is 0. The van der Waals surface area contributed by atoms with Crippen LogP contribution in [0.3, 0.4) is 0 Å². The van der Waals surface area contributed by atoms with Gasteiger partial charge in [0.2, 0.25) is 6.04 Å². The number of pyridine rings is 1. The van der Waals surface area contributed by atoms with Gasteiger partial charge in [0.15, 0.2) is 23.5 Å². The molecule has 5 nitrogen and oxygen atoms in total. The summed E-state index contributed by atoms with van der Waals surface area (Å²) in [5, 5.41) is 2.85. The van der Waals surface area contributed by atoms with Crippen LogP contribution in [-0.2, 0) is 4.79 Å². The van der Waals surface area contributed by atoms with Crippen LogP contribution in [0.5, 0.6) is 0 Å². The van der Waals surface area contributed by atoms with Crippen LogP contribution in [0.25, 0.3) is 0 Å². The molecule has 0 bridgehead atoms. The highest BCUT2D eigenvalue weighted by molar-refractivity contribution is 6.28. The molecule has 1 heterocycles. The Morgan fingerprint density at radius 2 is 1.46 bits per heavy atom. The van der Waals surface area contributed by atoms with Crippen molar-refractivity contribution in [3.63, 3.8) is 0 Å². The average Bonchev–Trinajstić information content (AvgIpc) is 2.72.